The molecular formula is C28H38N2O10. The van der Waals surface area contributed by atoms with Gasteiger partial charge in [0.1, 0.15) is 23.7 Å². The SMILES string of the molecule is CN(CCOCCOCCOCCOc1ccc2c(c1)C(=O)N(C1CCC(=O)CC1=O)C2=O)C(=O)OC(C)(C)C. The standard InChI is InChI=1S/C28H38N2O10/c1-28(2,3)40-27(35)29(4)9-10-36-11-12-37-13-14-38-15-16-39-20-6-7-21-22(18-20)26(34)30(25(21)33)23-8-5-19(31)17-24(23)32/h6-7,18,23H,5,8-17H2,1-4H3. The first-order valence-corrected chi connectivity index (χ1v) is 13.3. The molecule has 12 nitrogen and oxygen atoms in total. The summed E-state index contributed by atoms with van der Waals surface area (Å²) in [5, 5.41) is 0. The van der Waals surface area contributed by atoms with E-state index in [1.54, 1.807) is 13.1 Å². The van der Waals surface area contributed by atoms with Crippen molar-refractivity contribution in [2.24, 2.45) is 0 Å². The molecule has 3 amide bonds. The van der Waals surface area contributed by atoms with Crippen molar-refractivity contribution in [3.05, 3.63) is 29.3 Å². The number of amides is 3. The number of ether oxygens (including phenoxy) is 5. The number of carbonyl (C=O) groups is 5. The van der Waals surface area contributed by atoms with Gasteiger partial charge < -0.3 is 28.6 Å². The first kappa shape index (κ1) is 31.2. The Hall–Kier alpha value is -3.35. The molecule has 1 aliphatic carbocycles. The summed E-state index contributed by atoms with van der Waals surface area (Å²) in [4.78, 5) is 63.7. The maximum Gasteiger partial charge on any atom is 0.410 e. The summed E-state index contributed by atoms with van der Waals surface area (Å²) in [5.41, 5.74) is -0.141. The molecule has 0 bridgehead atoms. The van der Waals surface area contributed by atoms with Gasteiger partial charge in [-0.05, 0) is 45.4 Å². The molecule has 1 aliphatic heterocycles. The fourth-order valence-electron chi connectivity index (χ4n) is 4.14. The van der Waals surface area contributed by atoms with Crippen molar-refractivity contribution >= 4 is 29.5 Å². The lowest BCUT2D eigenvalue weighted by Gasteiger charge is -2.27. The van der Waals surface area contributed by atoms with E-state index in [1.165, 1.54) is 17.0 Å². The minimum absolute atomic E-state index is 0.161. The molecule has 0 N–H and O–H groups in total. The van der Waals surface area contributed by atoms with Gasteiger partial charge in [0.2, 0.25) is 0 Å². The Balaban J connectivity index is 1.25. The molecule has 1 aromatic carbocycles. The number of Topliss-reactive ketones (excluding diaryl/α,β-unsaturated/α-hetero) is 2. The van der Waals surface area contributed by atoms with Crippen molar-refractivity contribution < 1.29 is 47.7 Å². The van der Waals surface area contributed by atoms with Crippen molar-refractivity contribution in [2.45, 2.75) is 51.7 Å². The second-order valence-electron chi connectivity index (χ2n) is 10.5. The van der Waals surface area contributed by atoms with E-state index in [0.29, 0.717) is 45.3 Å². The average Bonchev–Trinajstić information content (AvgIpc) is 3.12. The van der Waals surface area contributed by atoms with Gasteiger partial charge in [0.05, 0.1) is 63.2 Å². The van der Waals surface area contributed by atoms with Gasteiger partial charge in [-0.3, -0.25) is 24.1 Å². The summed E-state index contributed by atoms with van der Waals surface area (Å²) in [6.45, 7) is 8.23. The quantitative estimate of drug-likeness (QED) is 0.189. The minimum atomic E-state index is -0.900. The highest BCUT2D eigenvalue weighted by molar-refractivity contribution is 6.23. The second-order valence-corrected chi connectivity index (χ2v) is 10.5. The van der Waals surface area contributed by atoms with E-state index >= 15 is 0 Å². The molecule has 1 saturated carbocycles. The van der Waals surface area contributed by atoms with Crippen LogP contribution in [0.4, 0.5) is 4.79 Å². The first-order valence-electron chi connectivity index (χ1n) is 13.3. The van der Waals surface area contributed by atoms with E-state index in [1.807, 2.05) is 20.8 Å². The van der Waals surface area contributed by atoms with Gasteiger partial charge in [-0.15, -0.1) is 0 Å². The third-order valence-corrected chi connectivity index (χ3v) is 6.16. The summed E-state index contributed by atoms with van der Waals surface area (Å²) in [7, 11) is 1.65. The highest BCUT2D eigenvalue weighted by atomic mass is 16.6. The van der Waals surface area contributed by atoms with Crippen molar-refractivity contribution in [3.63, 3.8) is 0 Å². The Kier molecular flexibility index (Phi) is 11.2. The van der Waals surface area contributed by atoms with Crippen molar-refractivity contribution in [1.82, 2.24) is 9.80 Å². The molecule has 0 saturated heterocycles. The molecule has 1 fully saturated rings. The number of hydrogen-bond donors (Lipinski definition) is 0. The molecular weight excluding hydrogens is 524 g/mol. The van der Waals surface area contributed by atoms with E-state index in [0.717, 1.165) is 4.90 Å². The Morgan fingerprint density at radius 3 is 2.12 bits per heavy atom. The Morgan fingerprint density at radius 1 is 0.900 bits per heavy atom. The zero-order chi connectivity index (χ0) is 29.3. The lowest BCUT2D eigenvalue weighted by Crippen LogP contribution is -2.47. The summed E-state index contributed by atoms with van der Waals surface area (Å²) in [6.07, 6.45) is -0.312. The van der Waals surface area contributed by atoms with Crippen LogP contribution in [0.1, 0.15) is 60.7 Å². The number of hydrogen-bond acceptors (Lipinski definition) is 10. The maximum absolute atomic E-state index is 12.9. The fourth-order valence-corrected chi connectivity index (χ4v) is 4.14. The highest BCUT2D eigenvalue weighted by Gasteiger charge is 2.44. The van der Waals surface area contributed by atoms with Crippen LogP contribution in [0, 0.1) is 0 Å². The summed E-state index contributed by atoms with van der Waals surface area (Å²) >= 11 is 0. The smallest absolute Gasteiger partial charge is 0.410 e. The van der Waals surface area contributed by atoms with Gasteiger partial charge >= 0.3 is 6.09 Å². The van der Waals surface area contributed by atoms with E-state index in [-0.39, 0.29) is 49.4 Å². The monoisotopic (exact) mass is 562 g/mol. The molecule has 1 heterocycles. The molecule has 3 rings (SSSR count). The van der Waals surface area contributed by atoms with Crippen LogP contribution in [0.5, 0.6) is 5.75 Å². The van der Waals surface area contributed by atoms with Gasteiger partial charge in [-0.1, -0.05) is 0 Å². The predicted molar refractivity (Wildman–Crippen MR) is 141 cm³/mol. The molecule has 1 atom stereocenters. The van der Waals surface area contributed by atoms with Crippen LogP contribution in [0.15, 0.2) is 18.2 Å². The summed E-state index contributed by atoms with van der Waals surface area (Å²) in [5.74, 6) is -1.25. The number of rotatable bonds is 14. The number of likely N-dealkylation sites (N-methyl/N-ethyl adjacent to an activating group) is 1. The first-order chi connectivity index (χ1) is 19.0. The zero-order valence-electron chi connectivity index (χ0n) is 23.6. The topological polar surface area (TPSA) is 138 Å². The molecule has 0 spiro atoms. The largest absolute Gasteiger partial charge is 0.491 e. The van der Waals surface area contributed by atoms with Crippen LogP contribution >= 0.6 is 0 Å². The number of ketones is 2. The normalized spacial score (nSPS) is 17.3. The van der Waals surface area contributed by atoms with Gasteiger partial charge in [0.15, 0.2) is 5.78 Å². The van der Waals surface area contributed by atoms with Crippen molar-refractivity contribution in [2.75, 3.05) is 59.8 Å². The van der Waals surface area contributed by atoms with E-state index < -0.39 is 35.3 Å². The third kappa shape index (κ3) is 8.83. The number of benzene rings is 1. The van der Waals surface area contributed by atoms with Crippen LogP contribution in [-0.2, 0) is 28.5 Å². The number of fused-ring (bicyclic) bond motifs is 1. The lowest BCUT2D eigenvalue weighted by molar-refractivity contribution is -0.132. The van der Waals surface area contributed by atoms with Crippen molar-refractivity contribution in [3.8, 4) is 5.75 Å². The molecule has 1 aromatic rings. The van der Waals surface area contributed by atoms with Gasteiger partial charge in [0.25, 0.3) is 11.8 Å². The van der Waals surface area contributed by atoms with Crippen molar-refractivity contribution in [1.29, 1.82) is 0 Å². The Labute approximate surface area is 233 Å². The summed E-state index contributed by atoms with van der Waals surface area (Å²) in [6, 6.07) is 3.69. The molecule has 2 aliphatic rings. The maximum atomic E-state index is 12.9. The Bertz CT molecular complexity index is 1100. The van der Waals surface area contributed by atoms with Crippen LogP contribution in [0.3, 0.4) is 0 Å². The van der Waals surface area contributed by atoms with E-state index in [9.17, 15) is 24.0 Å². The number of carbonyl (C=O) groups excluding carboxylic acids is 5. The van der Waals surface area contributed by atoms with Crippen LogP contribution in [0.25, 0.3) is 0 Å². The highest BCUT2D eigenvalue weighted by Crippen LogP contribution is 2.31. The predicted octanol–water partition coefficient (Wildman–Crippen LogP) is 2.27. The second kappa shape index (κ2) is 14.3. The molecule has 0 radical (unpaired) electrons. The van der Waals surface area contributed by atoms with Crippen LogP contribution in [-0.4, -0.2) is 111 Å². The molecule has 1 unspecified atom stereocenters. The van der Waals surface area contributed by atoms with Gasteiger partial charge in [0, 0.05) is 20.0 Å². The third-order valence-electron chi connectivity index (χ3n) is 6.16. The molecule has 0 aromatic heterocycles. The van der Waals surface area contributed by atoms with Gasteiger partial charge in [-0.25, -0.2) is 4.79 Å². The van der Waals surface area contributed by atoms with E-state index in [4.69, 9.17) is 23.7 Å². The summed E-state index contributed by atoms with van der Waals surface area (Å²) < 4.78 is 27.3. The zero-order valence-corrected chi connectivity index (χ0v) is 23.6. The molecule has 12 heteroatoms. The molecule has 220 valence electrons. The van der Waals surface area contributed by atoms with Crippen LogP contribution < -0.4 is 4.74 Å². The van der Waals surface area contributed by atoms with Crippen LogP contribution in [0.2, 0.25) is 0 Å². The Morgan fingerprint density at radius 2 is 1.50 bits per heavy atom. The lowest BCUT2D eigenvalue weighted by atomic mass is 9.92. The average molecular weight is 563 g/mol. The molecule has 40 heavy (non-hydrogen) atoms. The van der Waals surface area contributed by atoms with E-state index in [2.05, 4.69) is 0 Å². The minimum Gasteiger partial charge on any atom is -0.491 e. The fraction of sp³-hybridized carbons (Fsp3) is 0.607. The van der Waals surface area contributed by atoms with Gasteiger partial charge in [-0.2, -0.15) is 0 Å². The number of nitrogens with zero attached hydrogens (tertiary/aromatic N) is 2. The number of imide groups is 1.